The summed E-state index contributed by atoms with van der Waals surface area (Å²) in [6.45, 7) is 7.14. The Morgan fingerprint density at radius 3 is 2.12 bits per heavy atom. The summed E-state index contributed by atoms with van der Waals surface area (Å²) in [4.78, 5) is 50.9. The molecule has 2 aliphatic rings. The number of methoxy groups -OCH3 is 3. The van der Waals surface area contributed by atoms with Gasteiger partial charge in [-0.15, -0.1) is 0 Å². The van der Waals surface area contributed by atoms with E-state index in [1.807, 2.05) is 27.7 Å². The van der Waals surface area contributed by atoms with E-state index in [-0.39, 0.29) is 43.1 Å². The third-order valence-electron chi connectivity index (χ3n) is 7.72. The van der Waals surface area contributed by atoms with E-state index in [4.69, 9.17) is 33.9 Å². The second kappa shape index (κ2) is 16.2. The first kappa shape index (κ1) is 37.3. The molecule has 1 saturated heterocycles. The lowest BCUT2D eigenvalue weighted by Gasteiger charge is -2.30. The van der Waals surface area contributed by atoms with Gasteiger partial charge < -0.3 is 39.3 Å². The molecule has 18 nitrogen and oxygen atoms in total. The van der Waals surface area contributed by atoms with E-state index < -0.39 is 62.9 Å². The first-order valence-electron chi connectivity index (χ1n) is 15.9. The number of anilines is 2. The first-order valence-corrected chi connectivity index (χ1v) is 17.5. The van der Waals surface area contributed by atoms with Gasteiger partial charge in [0.15, 0.2) is 17.0 Å². The van der Waals surface area contributed by atoms with Crippen molar-refractivity contribution in [2.75, 3.05) is 39.0 Å². The molecule has 0 bridgehead atoms. The number of hydrogen-bond acceptors (Lipinski definition) is 15. The van der Waals surface area contributed by atoms with Crippen LogP contribution < -0.4 is 21.2 Å². The van der Waals surface area contributed by atoms with Gasteiger partial charge in [0.1, 0.15) is 30.5 Å². The highest BCUT2D eigenvalue weighted by Crippen LogP contribution is 2.43. The molecule has 1 saturated carbocycles. The van der Waals surface area contributed by atoms with Crippen molar-refractivity contribution in [1.29, 1.82) is 0 Å². The number of carbonyl (C=O) groups excluding carboxylic acids is 3. The highest BCUT2D eigenvalue weighted by molar-refractivity contribution is 7.54. The Kier molecular flexibility index (Phi) is 12.6. The van der Waals surface area contributed by atoms with Crippen molar-refractivity contribution in [2.24, 2.45) is 11.8 Å². The van der Waals surface area contributed by atoms with Crippen molar-refractivity contribution >= 4 is 48.7 Å². The zero-order valence-electron chi connectivity index (χ0n) is 28.3. The maximum atomic E-state index is 14.5. The van der Waals surface area contributed by atoms with Gasteiger partial charge in [-0.1, -0.05) is 27.7 Å². The van der Waals surface area contributed by atoms with Gasteiger partial charge in [-0.3, -0.25) is 18.7 Å². The predicted molar refractivity (Wildman–Crippen MR) is 173 cm³/mol. The van der Waals surface area contributed by atoms with Gasteiger partial charge in [-0.2, -0.15) is 9.97 Å². The van der Waals surface area contributed by atoms with E-state index in [1.54, 1.807) is 4.57 Å². The zero-order valence-corrected chi connectivity index (χ0v) is 29.2. The molecule has 5 N–H and O–H groups in total. The number of aromatic nitrogens is 4. The molecule has 48 heavy (non-hydrogen) atoms. The van der Waals surface area contributed by atoms with E-state index in [9.17, 15) is 18.9 Å². The Hall–Kier alpha value is -3.57. The van der Waals surface area contributed by atoms with Crippen LogP contribution in [-0.2, 0) is 42.4 Å². The van der Waals surface area contributed by atoms with E-state index in [0.717, 1.165) is 12.8 Å². The van der Waals surface area contributed by atoms with Crippen LogP contribution in [0.3, 0.4) is 0 Å². The summed E-state index contributed by atoms with van der Waals surface area (Å²) in [6.07, 6.45) is 0.503. The third-order valence-corrected chi connectivity index (χ3v) is 9.54. The average Bonchev–Trinajstić information content (AvgIpc) is 3.60. The Morgan fingerprint density at radius 1 is 1.00 bits per heavy atom. The number of esters is 2. The fraction of sp³-hybridized carbons (Fsp3) is 0.724. The molecule has 4 rings (SSSR count). The number of nitrogens with one attached hydrogen (secondary N) is 3. The Balaban J connectivity index is 1.62. The van der Waals surface area contributed by atoms with Crippen LogP contribution in [0.1, 0.15) is 66.0 Å². The maximum Gasteiger partial charge on any atom is 0.508 e. The summed E-state index contributed by atoms with van der Waals surface area (Å²) < 4.78 is 48.6. The zero-order chi connectivity index (χ0) is 35.2. The average molecular weight is 699 g/mol. The van der Waals surface area contributed by atoms with Crippen LogP contribution >= 0.6 is 7.67 Å². The van der Waals surface area contributed by atoms with Gasteiger partial charge in [0, 0.05) is 12.5 Å². The number of hydrogen-bond donors (Lipinski definition) is 4. The second-order valence-electron chi connectivity index (χ2n) is 12.7. The molecule has 1 aliphatic carbocycles. The lowest BCUT2D eigenvalue weighted by atomic mass is 10.1. The number of carbonyl (C=O) groups is 3. The minimum atomic E-state index is -4.26. The Bertz CT molecular complexity index is 1450. The number of nitrogens with two attached hydrogens (primary N) is 1. The fourth-order valence-electron chi connectivity index (χ4n) is 5.31. The molecule has 2 unspecified atom stereocenters. The van der Waals surface area contributed by atoms with Crippen LogP contribution in [0.2, 0.25) is 0 Å². The maximum absolute atomic E-state index is 14.5. The molecule has 268 valence electrons. The number of fused-ring (bicyclic) bond motifs is 1. The van der Waals surface area contributed by atoms with Crippen LogP contribution in [0.4, 0.5) is 16.6 Å². The number of nitrogen functional groups attached to an aromatic ring is 1. The van der Waals surface area contributed by atoms with Crippen molar-refractivity contribution in [3.8, 4) is 0 Å². The Morgan fingerprint density at radius 2 is 1.60 bits per heavy atom. The predicted octanol–water partition coefficient (Wildman–Crippen LogP) is 2.90. The van der Waals surface area contributed by atoms with Gasteiger partial charge in [0.2, 0.25) is 5.95 Å². The summed E-state index contributed by atoms with van der Waals surface area (Å²) in [5, 5.41) is 8.87. The van der Waals surface area contributed by atoms with E-state index in [0.29, 0.717) is 17.0 Å². The first-order chi connectivity index (χ1) is 22.7. The molecule has 5 atom stereocenters. The number of ether oxygens (including phenoxy) is 5. The number of rotatable bonds is 17. The highest BCUT2D eigenvalue weighted by Gasteiger charge is 2.43. The quantitative estimate of drug-likeness (QED) is 0.106. The summed E-state index contributed by atoms with van der Waals surface area (Å²) in [5.41, 5.74) is 6.91. The van der Waals surface area contributed by atoms with E-state index >= 15 is 0 Å². The molecule has 0 aromatic carbocycles. The number of imidazole rings is 1. The van der Waals surface area contributed by atoms with Crippen molar-refractivity contribution in [3.05, 3.63) is 6.33 Å². The topological polar surface area (TPSA) is 229 Å². The van der Waals surface area contributed by atoms with Gasteiger partial charge >= 0.3 is 25.8 Å². The molecule has 2 fully saturated rings. The van der Waals surface area contributed by atoms with Crippen LogP contribution in [0.25, 0.3) is 11.2 Å². The van der Waals surface area contributed by atoms with E-state index in [1.165, 1.54) is 27.7 Å². The van der Waals surface area contributed by atoms with Crippen molar-refractivity contribution < 1.29 is 47.2 Å². The molecule has 3 heterocycles. The monoisotopic (exact) mass is 698 g/mol. The minimum absolute atomic E-state index is 0.00159. The van der Waals surface area contributed by atoms with Crippen LogP contribution in [0, 0.1) is 11.8 Å². The molecule has 2 aromatic rings. The molecule has 1 aliphatic heterocycles. The van der Waals surface area contributed by atoms with Crippen molar-refractivity contribution in [1.82, 2.24) is 29.7 Å². The standard InChI is InChI=1S/C29H47N8O10P/c1-15(2)10-18(26(38)42-5)35-48(41,36-19(11-16(3)4)27(39)43-6)45-13-21-20(47-29(40)44-7)12-22(46-21)37-14-31-23-24(32-17-8-9-17)33-28(30)34-25(23)37/h14-22H,8-13H2,1-7H3,(H2,35,36,41)(H3,30,32,33,34)/t18?,19?,20-,21-,22-,48?/m1/s1. The lowest BCUT2D eigenvalue weighted by molar-refractivity contribution is -0.143. The summed E-state index contributed by atoms with van der Waals surface area (Å²) in [5.74, 6) is -0.793. The normalized spacial score (nSPS) is 21.9. The molecular formula is C29H47N8O10P. The highest BCUT2D eigenvalue weighted by atomic mass is 31.2. The summed E-state index contributed by atoms with van der Waals surface area (Å²) in [7, 11) is -0.647. The van der Waals surface area contributed by atoms with Crippen LogP contribution in [0.5, 0.6) is 0 Å². The summed E-state index contributed by atoms with van der Waals surface area (Å²) in [6, 6.07) is -1.82. The number of nitrogens with zero attached hydrogens (tertiary/aromatic N) is 4. The van der Waals surface area contributed by atoms with Gasteiger partial charge in [-0.05, 0) is 37.5 Å². The van der Waals surface area contributed by atoms with Gasteiger partial charge in [0.25, 0.3) is 0 Å². The minimum Gasteiger partial charge on any atom is -0.468 e. The third kappa shape index (κ3) is 9.75. The van der Waals surface area contributed by atoms with Gasteiger partial charge in [-0.25, -0.2) is 20.0 Å². The molecule has 19 heteroatoms. The van der Waals surface area contributed by atoms with Crippen LogP contribution in [-0.4, -0.2) is 95.9 Å². The molecular weight excluding hydrogens is 651 g/mol. The summed E-state index contributed by atoms with van der Waals surface area (Å²) >= 11 is 0. The molecule has 2 aromatic heterocycles. The van der Waals surface area contributed by atoms with Gasteiger partial charge in [0.05, 0.1) is 34.3 Å². The second-order valence-corrected chi connectivity index (χ2v) is 14.5. The fourth-order valence-corrected chi connectivity index (χ4v) is 7.14. The van der Waals surface area contributed by atoms with Crippen LogP contribution in [0.15, 0.2) is 6.33 Å². The largest absolute Gasteiger partial charge is 0.508 e. The van der Waals surface area contributed by atoms with Crippen molar-refractivity contribution in [3.63, 3.8) is 0 Å². The lowest BCUT2D eigenvalue weighted by Crippen LogP contribution is -2.45. The smallest absolute Gasteiger partial charge is 0.468 e. The molecule has 0 amide bonds. The van der Waals surface area contributed by atoms with Crippen molar-refractivity contribution in [2.45, 2.75) is 96.4 Å². The molecule has 0 spiro atoms. The Labute approximate surface area is 279 Å². The van der Waals surface area contributed by atoms with E-state index in [2.05, 4.69) is 30.4 Å². The SMILES string of the molecule is COC(=O)O[C@@H]1C[C@H](n2cnc3c(NC4CC4)nc(N)nc32)O[C@@H]1COP(=O)(NC(CC(C)C)C(=O)OC)NC(CC(C)C)C(=O)OC. The molecule has 0 radical (unpaired) electrons.